The second-order valence-electron chi connectivity index (χ2n) is 5.73. The van der Waals surface area contributed by atoms with Crippen LogP contribution in [-0.2, 0) is 27.6 Å². The van der Waals surface area contributed by atoms with Crippen LogP contribution in [0.5, 0.6) is 0 Å². The van der Waals surface area contributed by atoms with Gasteiger partial charge in [-0.25, -0.2) is 4.57 Å². The van der Waals surface area contributed by atoms with Gasteiger partial charge in [0.15, 0.2) is 0 Å². The molecule has 0 aromatic heterocycles. The van der Waals surface area contributed by atoms with Gasteiger partial charge in [0.1, 0.15) is 18.3 Å². The second-order valence-corrected chi connectivity index (χ2v) is 10.1. The molecule has 0 radical (unpaired) electrons. The predicted molar refractivity (Wildman–Crippen MR) is 98.2 cm³/mol. The number of phosphoric acid groups is 1. The number of rotatable bonds is 13. The number of ether oxygens (including phenoxy) is 2. The minimum Gasteiger partial charge on any atom is -0.395 e. The molecule has 2 aliphatic heterocycles. The van der Waals surface area contributed by atoms with Gasteiger partial charge in [0.05, 0.1) is 32.5 Å². The van der Waals surface area contributed by atoms with Gasteiger partial charge in [0, 0.05) is 31.1 Å². The molecule has 3 N–H and O–H groups in total. The van der Waals surface area contributed by atoms with Gasteiger partial charge in [-0.05, 0) is 6.42 Å². The first-order valence-corrected chi connectivity index (χ1v) is 12.5. The van der Waals surface area contributed by atoms with Gasteiger partial charge in [0.2, 0.25) is 0 Å². The number of phosphoric ester groups is 1. The molecule has 2 aliphatic rings. The predicted octanol–water partition coefficient (Wildman–Crippen LogP) is 0.818. The summed E-state index contributed by atoms with van der Waals surface area (Å²) in [5.74, 6) is 1.14. The normalized spacial score (nSPS) is 31.3. The van der Waals surface area contributed by atoms with Crippen LogP contribution in [0.2, 0.25) is 0 Å². The highest BCUT2D eigenvalue weighted by Gasteiger charge is 2.39. The van der Waals surface area contributed by atoms with Gasteiger partial charge >= 0.3 is 7.82 Å². The molecule has 2 heterocycles. The summed E-state index contributed by atoms with van der Waals surface area (Å²) in [5, 5.41) is 27.8. The third kappa shape index (κ3) is 7.56. The Hall–Kier alpha value is 0.610. The lowest BCUT2D eigenvalue weighted by Gasteiger charge is -2.25. The van der Waals surface area contributed by atoms with Crippen LogP contribution in [0.25, 0.3) is 0 Å². The zero-order valence-electron chi connectivity index (χ0n) is 14.4. The van der Waals surface area contributed by atoms with Crippen LogP contribution in [0, 0.1) is 0 Å². The molecule has 2 fully saturated rings. The van der Waals surface area contributed by atoms with E-state index in [-0.39, 0.29) is 26.4 Å². The maximum Gasteiger partial charge on any atom is 0.475 e. The summed E-state index contributed by atoms with van der Waals surface area (Å²) in [7, 11) is -0.944. The zero-order chi connectivity index (χ0) is 18.8. The maximum atomic E-state index is 13.0. The molecule has 0 aliphatic carbocycles. The van der Waals surface area contributed by atoms with Gasteiger partial charge in [-0.15, -0.1) is 0 Å². The smallest absolute Gasteiger partial charge is 0.395 e. The van der Waals surface area contributed by atoms with E-state index in [2.05, 4.69) is 0 Å². The van der Waals surface area contributed by atoms with Crippen molar-refractivity contribution < 1.29 is 42.9 Å². The lowest BCUT2D eigenvalue weighted by molar-refractivity contribution is -0.0238. The third-order valence-corrected chi connectivity index (χ3v) is 7.68. The Bertz CT molecular complexity index is 445. The molecule has 12 heteroatoms. The van der Waals surface area contributed by atoms with Gasteiger partial charge in [-0.3, -0.25) is 13.6 Å². The highest BCUT2D eigenvalue weighted by Crippen LogP contribution is 2.52. The van der Waals surface area contributed by atoms with Crippen LogP contribution >= 0.6 is 29.4 Å². The molecule has 0 spiro atoms. The molecule has 0 aromatic carbocycles. The van der Waals surface area contributed by atoms with E-state index in [1.54, 1.807) is 0 Å². The highest BCUT2D eigenvalue weighted by atomic mass is 33.1. The minimum atomic E-state index is -3.91. The molecule has 0 bridgehead atoms. The fourth-order valence-corrected chi connectivity index (χ4v) is 5.62. The molecule has 9 nitrogen and oxygen atoms in total. The summed E-state index contributed by atoms with van der Waals surface area (Å²) in [4.78, 5) is 0. The Kier molecular flexibility index (Phi) is 10.8. The topological polar surface area (TPSA) is 124 Å². The van der Waals surface area contributed by atoms with Crippen molar-refractivity contribution in [3.8, 4) is 0 Å². The van der Waals surface area contributed by atoms with E-state index in [1.807, 2.05) is 0 Å². The molecule has 0 aromatic rings. The fourth-order valence-electron chi connectivity index (χ4n) is 2.48. The molecule has 0 unspecified atom stereocenters. The van der Waals surface area contributed by atoms with E-state index in [0.717, 1.165) is 0 Å². The van der Waals surface area contributed by atoms with E-state index < -0.39 is 32.2 Å². The Balaban J connectivity index is 1.85. The van der Waals surface area contributed by atoms with Crippen molar-refractivity contribution in [2.45, 2.75) is 37.3 Å². The SMILES string of the molecule is O=[P@](OCCSSCCO)(OC[C@H]1OCC[C@H]1O)O[C@@H]1CCO[C@@H]1CO. The third-order valence-electron chi connectivity index (χ3n) is 3.84. The van der Waals surface area contributed by atoms with E-state index in [4.69, 9.17) is 28.2 Å². The molecule has 0 saturated carbocycles. The number of hydrogen-bond acceptors (Lipinski definition) is 11. The van der Waals surface area contributed by atoms with Crippen molar-refractivity contribution in [1.29, 1.82) is 0 Å². The van der Waals surface area contributed by atoms with Crippen molar-refractivity contribution in [3.05, 3.63) is 0 Å². The molecule has 26 heavy (non-hydrogen) atoms. The molecule has 0 amide bonds. The molecular weight excluding hydrogens is 407 g/mol. The average Bonchev–Trinajstić information content (AvgIpc) is 3.24. The van der Waals surface area contributed by atoms with Gasteiger partial charge < -0.3 is 24.8 Å². The van der Waals surface area contributed by atoms with Crippen molar-refractivity contribution in [2.24, 2.45) is 0 Å². The van der Waals surface area contributed by atoms with E-state index in [1.165, 1.54) is 21.6 Å². The Morgan fingerprint density at radius 3 is 2.46 bits per heavy atom. The average molecular weight is 434 g/mol. The second kappa shape index (κ2) is 12.2. The first-order chi connectivity index (χ1) is 12.6. The number of aliphatic hydroxyl groups is 3. The summed E-state index contributed by atoms with van der Waals surface area (Å²) in [5.41, 5.74) is 0. The number of aliphatic hydroxyl groups excluding tert-OH is 3. The van der Waals surface area contributed by atoms with Crippen molar-refractivity contribution in [1.82, 2.24) is 0 Å². The molecule has 2 rings (SSSR count). The minimum absolute atomic E-state index is 0.0944. The van der Waals surface area contributed by atoms with Gasteiger partial charge in [0.25, 0.3) is 0 Å². The van der Waals surface area contributed by atoms with Crippen LogP contribution in [0.3, 0.4) is 0 Å². The van der Waals surface area contributed by atoms with Gasteiger partial charge in [-0.2, -0.15) is 0 Å². The quantitative estimate of drug-likeness (QED) is 0.217. The van der Waals surface area contributed by atoms with Crippen LogP contribution < -0.4 is 0 Å². The van der Waals surface area contributed by atoms with Gasteiger partial charge in [-0.1, -0.05) is 21.6 Å². The maximum absolute atomic E-state index is 13.0. The van der Waals surface area contributed by atoms with Crippen molar-refractivity contribution >= 4 is 29.4 Å². The van der Waals surface area contributed by atoms with Crippen molar-refractivity contribution in [2.75, 3.05) is 51.1 Å². The van der Waals surface area contributed by atoms with Crippen LogP contribution in [0.4, 0.5) is 0 Å². The first-order valence-electron chi connectivity index (χ1n) is 8.53. The Morgan fingerprint density at radius 1 is 1.04 bits per heavy atom. The summed E-state index contributed by atoms with van der Waals surface area (Å²) >= 11 is 0. The lowest BCUT2D eigenvalue weighted by atomic mass is 10.2. The van der Waals surface area contributed by atoms with Crippen LogP contribution in [0.15, 0.2) is 0 Å². The Morgan fingerprint density at radius 2 is 1.77 bits per heavy atom. The van der Waals surface area contributed by atoms with Crippen LogP contribution in [-0.4, -0.2) is 90.9 Å². The van der Waals surface area contributed by atoms with E-state index in [0.29, 0.717) is 37.6 Å². The monoisotopic (exact) mass is 434 g/mol. The summed E-state index contributed by atoms with van der Waals surface area (Å²) in [6, 6.07) is 0. The van der Waals surface area contributed by atoms with Crippen molar-refractivity contribution in [3.63, 3.8) is 0 Å². The van der Waals surface area contributed by atoms with Crippen LogP contribution in [0.1, 0.15) is 12.8 Å². The Labute approximate surface area is 161 Å². The summed E-state index contributed by atoms with van der Waals surface area (Å²) < 4.78 is 40.0. The molecule has 154 valence electrons. The van der Waals surface area contributed by atoms with E-state index >= 15 is 0 Å². The molecule has 5 atom stereocenters. The standard InChI is InChI=1S/C14H27O9PS2/c15-3-7-25-26-8-6-21-24(18,22-10-14-11(17)1-4-20-14)23-12-2-5-19-13(12)9-16/h11-17H,1-10H2/t11-,12-,13-,14-,24+/m1/s1. The molecular formula is C14H27O9PS2. The van der Waals surface area contributed by atoms with E-state index in [9.17, 15) is 14.8 Å². The molecule has 2 saturated heterocycles. The zero-order valence-corrected chi connectivity index (χ0v) is 17.0. The summed E-state index contributed by atoms with van der Waals surface area (Å²) in [6.45, 7) is 0.685. The highest BCUT2D eigenvalue weighted by molar-refractivity contribution is 8.76. The number of hydrogen-bond donors (Lipinski definition) is 3. The first kappa shape index (κ1) is 22.9. The lowest BCUT2D eigenvalue weighted by Crippen LogP contribution is -2.29. The largest absolute Gasteiger partial charge is 0.475 e. The summed E-state index contributed by atoms with van der Waals surface area (Å²) in [6.07, 6.45) is -1.42. The fraction of sp³-hybridized carbons (Fsp3) is 1.00.